The molecule has 0 aliphatic carbocycles. The lowest BCUT2D eigenvalue weighted by Gasteiger charge is -2.22. The number of hydrogen-bond acceptors (Lipinski definition) is 8. The molecule has 10 nitrogen and oxygen atoms in total. The second-order valence-electron chi connectivity index (χ2n) is 9.85. The number of alkyl halides is 3. The van der Waals surface area contributed by atoms with Crippen molar-refractivity contribution in [3.63, 3.8) is 0 Å². The summed E-state index contributed by atoms with van der Waals surface area (Å²) in [7, 11) is 2.99. The normalized spacial score (nSPS) is 13.9. The number of amides is 1. The van der Waals surface area contributed by atoms with E-state index in [1.807, 2.05) is 6.92 Å². The van der Waals surface area contributed by atoms with Crippen molar-refractivity contribution in [2.45, 2.75) is 39.4 Å². The van der Waals surface area contributed by atoms with Gasteiger partial charge in [-0.1, -0.05) is 0 Å². The molecule has 3 heterocycles. The SMILES string of the molecule is COc1c(CN2CCCC2)cc(NC(=O)c2cnc(C)c(N(N)CC(=N)c3cnn(C)c3C)c2)cc1C(F)(F)F. The molecule has 4 N–H and O–H groups in total. The van der Waals surface area contributed by atoms with Crippen molar-refractivity contribution in [2.24, 2.45) is 12.9 Å². The minimum Gasteiger partial charge on any atom is -0.496 e. The molecule has 0 saturated carbocycles. The number of aromatic nitrogens is 3. The average molecular weight is 559 g/mol. The number of anilines is 2. The van der Waals surface area contributed by atoms with Crippen LogP contribution in [-0.2, 0) is 19.8 Å². The van der Waals surface area contributed by atoms with Crippen LogP contribution >= 0.6 is 0 Å². The van der Waals surface area contributed by atoms with Crippen molar-refractivity contribution >= 4 is 23.0 Å². The van der Waals surface area contributed by atoms with Crippen LogP contribution in [0.1, 0.15) is 51.3 Å². The fourth-order valence-electron chi connectivity index (χ4n) is 4.79. The standard InChI is InChI=1S/C27H33F3N8O2/c1-16-24(38(32)15-23(31)21-13-34-36(3)17(21)2)10-18(12-33-16)26(39)35-20-9-19(14-37-7-5-6-8-37)25(40-4)22(11-20)27(28,29)30/h9-13,31H,5-8,14-15,32H2,1-4H3,(H,35,39). The summed E-state index contributed by atoms with van der Waals surface area (Å²) >= 11 is 0. The molecule has 0 radical (unpaired) electrons. The van der Waals surface area contributed by atoms with Crippen molar-refractivity contribution in [1.29, 1.82) is 5.41 Å². The van der Waals surface area contributed by atoms with Gasteiger partial charge >= 0.3 is 6.18 Å². The van der Waals surface area contributed by atoms with E-state index in [4.69, 9.17) is 16.0 Å². The number of rotatable bonds is 9. The summed E-state index contributed by atoms with van der Waals surface area (Å²) in [6, 6.07) is 3.89. The van der Waals surface area contributed by atoms with Gasteiger partial charge in [0.25, 0.3) is 5.91 Å². The highest BCUT2D eigenvalue weighted by Crippen LogP contribution is 2.41. The monoisotopic (exact) mass is 558 g/mol. The molecule has 1 aliphatic heterocycles. The van der Waals surface area contributed by atoms with E-state index in [0.29, 0.717) is 22.5 Å². The van der Waals surface area contributed by atoms with Gasteiger partial charge in [-0.3, -0.25) is 19.4 Å². The number of hydrazine groups is 1. The zero-order valence-electron chi connectivity index (χ0n) is 22.9. The number of halogens is 3. The fourth-order valence-corrected chi connectivity index (χ4v) is 4.79. The van der Waals surface area contributed by atoms with Crippen LogP contribution in [0.2, 0.25) is 0 Å². The highest BCUT2D eigenvalue weighted by Gasteiger charge is 2.36. The molecule has 3 aromatic rings. The highest BCUT2D eigenvalue weighted by molar-refractivity contribution is 6.05. The third kappa shape index (κ3) is 6.26. The van der Waals surface area contributed by atoms with Crippen LogP contribution in [-0.4, -0.2) is 58.0 Å². The van der Waals surface area contributed by atoms with Crippen LogP contribution in [0, 0.1) is 19.3 Å². The van der Waals surface area contributed by atoms with Gasteiger partial charge < -0.3 is 20.5 Å². The second-order valence-corrected chi connectivity index (χ2v) is 9.85. The van der Waals surface area contributed by atoms with Gasteiger partial charge in [-0.15, -0.1) is 0 Å². The van der Waals surface area contributed by atoms with E-state index in [9.17, 15) is 18.0 Å². The number of benzene rings is 1. The van der Waals surface area contributed by atoms with Crippen molar-refractivity contribution < 1.29 is 22.7 Å². The Morgan fingerprint density at radius 1 is 1.20 bits per heavy atom. The lowest BCUT2D eigenvalue weighted by atomic mass is 10.1. The Bertz CT molecular complexity index is 1410. The predicted octanol–water partition coefficient (Wildman–Crippen LogP) is 4.06. The maximum atomic E-state index is 14.0. The number of ether oxygens (including phenoxy) is 1. The smallest absolute Gasteiger partial charge is 0.420 e. The van der Waals surface area contributed by atoms with Gasteiger partial charge in [0.2, 0.25) is 0 Å². The van der Waals surface area contributed by atoms with E-state index < -0.39 is 17.6 Å². The summed E-state index contributed by atoms with van der Waals surface area (Å²) < 4.78 is 48.7. The summed E-state index contributed by atoms with van der Waals surface area (Å²) in [6.07, 6.45) is 0.197. The van der Waals surface area contributed by atoms with Gasteiger partial charge in [0, 0.05) is 42.3 Å². The van der Waals surface area contributed by atoms with Crippen LogP contribution in [0.5, 0.6) is 5.75 Å². The van der Waals surface area contributed by atoms with E-state index >= 15 is 0 Å². The molecule has 1 aromatic carbocycles. The number of carbonyl (C=O) groups is 1. The van der Waals surface area contributed by atoms with Gasteiger partial charge in [0.05, 0.1) is 48.1 Å². The van der Waals surface area contributed by atoms with E-state index in [0.717, 1.165) is 37.7 Å². The number of carbonyl (C=O) groups excluding carboxylic acids is 1. The topological polar surface area (TPSA) is 125 Å². The van der Waals surface area contributed by atoms with Gasteiger partial charge in [-0.05, 0) is 58.0 Å². The lowest BCUT2D eigenvalue weighted by Crippen LogP contribution is -2.37. The zero-order chi connectivity index (χ0) is 29.2. The first-order valence-electron chi connectivity index (χ1n) is 12.8. The number of aryl methyl sites for hydroxylation is 2. The second kappa shape index (κ2) is 11.6. The molecule has 13 heteroatoms. The van der Waals surface area contributed by atoms with E-state index in [1.54, 1.807) is 24.9 Å². The molecule has 1 aliphatic rings. The Morgan fingerprint density at radius 2 is 1.90 bits per heavy atom. The molecule has 0 atom stereocenters. The van der Waals surface area contributed by atoms with Crippen molar-refractivity contribution in [3.8, 4) is 5.75 Å². The third-order valence-electron chi connectivity index (χ3n) is 7.05. The minimum atomic E-state index is -4.68. The van der Waals surface area contributed by atoms with E-state index in [2.05, 4.69) is 20.3 Å². The number of pyridine rings is 1. The van der Waals surface area contributed by atoms with Gasteiger partial charge in [-0.25, -0.2) is 5.84 Å². The summed E-state index contributed by atoms with van der Waals surface area (Å²) in [6.45, 7) is 5.41. The molecule has 40 heavy (non-hydrogen) atoms. The number of nitrogens with zero attached hydrogens (tertiary/aromatic N) is 5. The lowest BCUT2D eigenvalue weighted by molar-refractivity contribution is -0.138. The molecule has 1 saturated heterocycles. The van der Waals surface area contributed by atoms with Gasteiger partial charge in [0.15, 0.2) is 0 Å². The van der Waals surface area contributed by atoms with Crippen molar-refractivity contribution in [3.05, 3.63) is 64.2 Å². The van der Waals surface area contributed by atoms with Crippen molar-refractivity contribution in [2.75, 3.05) is 37.1 Å². The molecular formula is C27H33F3N8O2. The van der Waals surface area contributed by atoms with E-state index in [-0.39, 0.29) is 35.8 Å². The van der Waals surface area contributed by atoms with Crippen LogP contribution < -0.4 is 20.9 Å². The Labute approximate surface area is 230 Å². The minimum absolute atomic E-state index is 0.00659. The first-order chi connectivity index (χ1) is 18.9. The number of methoxy groups -OCH3 is 1. The molecular weight excluding hydrogens is 525 g/mol. The maximum Gasteiger partial charge on any atom is 0.420 e. The van der Waals surface area contributed by atoms with Gasteiger partial charge in [-0.2, -0.15) is 18.3 Å². The fraction of sp³-hybridized carbons (Fsp3) is 0.407. The highest BCUT2D eigenvalue weighted by atomic mass is 19.4. The molecule has 214 valence electrons. The molecule has 0 unspecified atom stereocenters. The quantitative estimate of drug-likeness (QED) is 0.206. The van der Waals surface area contributed by atoms with Crippen LogP contribution in [0.4, 0.5) is 24.5 Å². The number of nitrogens with two attached hydrogens (primary N) is 1. The molecule has 0 bridgehead atoms. The van der Waals surface area contributed by atoms with Crippen LogP contribution in [0.3, 0.4) is 0 Å². The molecule has 2 aromatic heterocycles. The molecule has 4 rings (SSSR count). The third-order valence-corrected chi connectivity index (χ3v) is 7.05. The summed E-state index contributed by atoms with van der Waals surface area (Å²) in [5, 5.41) is 16.5. The van der Waals surface area contributed by atoms with Crippen molar-refractivity contribution in [1.82, 2.24) is 19.7 Å². The number of likely N-dealkylation sites (tertiary alicyclic amines) is 1. The maximum absolute atomic E-state index is 14.0. The summed E-state index contributed by atoms with van der Waals surface area (Å²) in [5.41, 5.74) is 2.08. The summed E-state index contributed by atoms with van der Waals surface area (Å²) in [5.74, 6) is 5.36. The number of hydrogen-bond donors (Lipinski definition) is 3. The number of nitrogens with one attached hydrogen (secondary N) is 2. The Morgan fingerprint density at radius 3 is 2.50 bits per heavy atom. The average Bonchev–Trinajstić information content (AvgIpc) is 3.52. The molecule has 0 spiro atoms. The largest absolute Gasteiger partial charge is 0.496 e. The zero-order valence-corrected chi connectivity index (χ0v) is 22.9. The Kier molecular flexibility index (Phi) is 8.45. The predicted molar refractivity (Wildman–Crippen MR) is 146 cm³/mol. The Balaban J connectivity index is 1.59. The molecule has 1 fully saturated rings. The first-order valence-corrected chi connectivity index (χ1v) is 12.8. The summed E-state index contributed by atoms with van der Waals surface area (Å²) in [4.78, 5) is 19.5. The first kappa shape index (κ1) is 29.0. The molecule has 1 amide bonds. The van der Waals surface area contributed by atoms with Crippen LogP contribution in [0.15, 0.2) is 30.6 Å². The van der Waals surface area contributed by atoms with E-state index in [1.165, 1.54) is 30.4 Å². The van der Waals surface area contributed by atoms with Gasteiger partial charge in [0.1, 0.15) is 5.75 Å². The Hall–Kier alpha value is -3.97. The van der Waals surface area contributed by atoms with Crippen LogP contribution in [0.25, 0.3) is 0 Å².